The summed E-state index contributed by atoms with van der Waals surface area (Å²) in [4.78, 5) is 22.1. The minimum Gasteiger partial charge on any atom is -0.508 e. The quantitative estimate of drug-likeness (QED) is 0.736. The van der Waals surface area contributed by atoms with Crippen molar-refractivity contribution in [2.75, 3.05) is 0 Å². The SMILES string of the molecule is CC(CCCC(=O)O)NC(=O)c1ccc(O)cc1F. The van der Waals surface area contributed by atoms with Crippen molar-refractivity contribution in [1.82, 2.24) is 5.32 Å². The topological polar surface area (TPSA) is 86.6 Å². The molecule has 6 heteroatoms. The summed E-state index contributed by atoms with van der Waals surface area (Å²) in [5.41, 5.74) is -0.150. The molecule has 0 saturated heterocycles. The third kappa shape index (κ3) is 4.95. The molecular weight excluding hydrogens is 253 g/mol. The highest BCUT2D eigenvalue weighted by atomic mass is 19.1. The van der Waals surface area contributed by atoms with E-state index in [-0.39, 0.29) is 23.8 Å². The number of hydrogen-bond acceptors (Lipinski definition) is 3. The third-order valence-corrected chi connectivity index (χ3v) is 2.60. The molecule has 0 spiro atoms. The fourth-order valence-electron chi connectivity index (χ4n) is 1.62. The fraction of sp³-hybridized carbons (Fsp3) is 0.385. The van der Waals surface area contributed by atoms with E-state index in [2.05, 4.69) is 5.32 Å². The van der Waals surface area contributed by atoms with Gasteiger partial charge in [-0.05, 0) is 31.9 Å². The van der Waals surface area contributed by atoms with Crippen molar-refractivity contribution in [3.63, 3.8) is 0 Å². The van der Waals surface area contributed by atoms with Crippen molar-refractivity contribution in [1.29, 1.82) is 0 Å². The summed E-state index contributed by atoms with van der Waals surface area (Å²) in [5, 5.41) is 20.1. The van der Waals surface area contributed by atoms with Crippen LogP contribution in [0.4, 0.5) is 4.39 Å². The Morgan fingerprint density at radius 3 is 2.68 bits per heavy atom. The van der Waals surface area contributed by atoms with Gasteiger partial charge in [0.05, 0.1) is 5.56 Å². The molecule has 0 saturated carbocycles. The maximum Gasteiger partial charge on any atom is 0.303 e. The first-order valence-electron chi connectivity index (χ1n) is 5.91. The first-order valence-corrected chi connectivity index (χ1v) is 5.91. The van der Waals surface area contributed by atoms with Gasteiger partial charge in [-0.15, -0.1) is 0 Å². The molecule has 0 radical (unpaired) electrons. The summed E-state index contributed by atoms with van der Waals surface area (Å²) < 4.78 is 13.4. The molecule has 0 aromatic heterocycles. The van der Waals surface area contributed by atoms with Gasteiger partial charge in [0.15, 0.2) is 0 Å². The van der Waals surface area contributed by atoms with Gasteiger partial charge in [0, 0.05) is 18.5 Å². The van der Waals surface area contributed by atoms with E-state index in [1.807, 2.05) is 0 Å². The Bertz CT molecular complexity index is 476. The number of rotatable bonds is 6. The molecule has 0 heterocycles. The number of phenolic OH excluding ortho intramolecular Hbond substituents is 1. The molecule has 1 amide bonds. The Balaban J connectivity index is 2.52. The first kappa shape index (κ1) is 14.9. The molecule has 1 rings (SSSR count). The van der Waals surface area contributed by atoms with Crippen molar-refractivity contribution < 1.29 is 24.2 Å². The van der Waals surface area contributed by atoms with E-state index in [1.165, 1.54) is 12.1 Å². The molecule has 0 aliphatic heterocycles. The van der Waals surface area contributed by atoms with Gasteiger partial charge in [-0.2, -0.15) is 0 Å². The van der Waals surface area contributed by atoms with Crippen LogP contribution in [0.25, 0.3) is 0 Å². The Morgan fingerprint density at radius 2 is 2.11 bits per heavy atom. The largest absolute Gasteiger partial charge is 0.508 e. The zero-order valence-electron chi connectivity index (χ0n) is 10.5. The Morgan fingerprint density at radius 1 is 1.42 bits per heavy atom. The van der Waals surface area contributed by atoms with E-state index in [9.17, 15) is 14.0 Å². The number of benzene rings is 1. The zero-order valence-corrected chi connectivity index (χ0v) is 10.5. The van der Waals surface area contributed by atoms with Crippen LogP contribution in [0.1, 0.15) is 36.5 Å². The number of carboxylic acid groups (broad SMARTS) is 1. The summed E-state index contributed by atoms with van der Waals surface area (Å²) in [6.45, 7) is 1.72. The monoisotopic (exact) mass is 269 g/mol. The summed E-state index contributed by atoms with van der Waals surface area (Å²) in [5.74, 6) is -2.51. The van der Waals surface area contributed by atoms with Crippen molar-refractivity contribution in [3.05, 3.63) is 29.6 Å². The van der Waals surface area contributed by atoms with Gasteiger partial charge in [-0.1, -0.05) is 0 Å². The first-order chi connectivity index (χ1) is 8.90. The van der Waals surface area contributed by atoms with E-state index in [0.717, 1.165) is 6.07 Å². The molecule has 0 bridgehead atoms. The van der Waals surface area contributed by atoms with Crippen molar-refractivity contribution in [2.45, 2.75) is 32.2 Å². The lowest BCUT2D eigenvalue weighted by molar-refractivity contribution is -0.137. The molecule has 1 atom stereocenters. The lowest BCUT2D eigenvalue weighted by atomic mass is 10.1. The van der Waals surface area contributed by atoms with Gasteiger partial charge in [0.1, 0.15) is 11.6 Å². The molecule has 0 aliphatic carbocycles. The van der Waals surface area contributed by atoms with Crippen LogP contribution in [0.2, 0.25) is 0 Å². The second-order valence-electron chi connectivity index (χ2n) is 4.32. The normalized spacial score (nSPS) is 11.9. The van der Waals surface area contributed by atoms with Crippen LogP contribution in [-0.4, -0.2) is 28.1 Å². The molecule has 1 aromatic rings. The third-order valence-electron chi connectivity index (χ3n) is 2.60. The Kier molecular flexibility index (Phi) is 5.29. The highest BCUT2D eigenvalue weighted by molar-refractivity contribution is 5.94. The number of halogens is 1. The number of carboxylic acids is 1. The standard InChI is InChI=1S/C13H16FNO4/c1-8(3-2-4-12(17)18)15-13(19)10-6-5-9(16)7-11(10)14/h5-8,16H,2-4H2,1H3,(H,15,19)(H,17,18). The molecule has 0 aliphatic rings. The van der Waals surface area contributed by atoms with E-state index in [1.54, 1.807) is 6.92 Å². The number of phenols is 1. The number of aliphatic carboxylic acids is 1. The average molecular weight is 269 g/mol. The predicted octanol–water partition coefficient (Wildman–Crippen LogP) is 1.90. The molecule has 1 unspecified atom stereocenters. The highest BCUT2D eigenvalue weighted by Crippen LogP contribution is 2.15. The number of aromatic hydroxyl groups is 1. The van der Waals surface area contributed by atoms with Crippen LogP contribution in [0.15, 0.2) is 18.2 Å². The number of amides is 1. The number of hydrogen-bond donors (Lipinski definition) is 3. The fourth-order valence-corrected chi connectivity index (χ4v) is 1.62. The van der Waals surface area contributed by atoms with Crippen molar-refractivity contribution >= 4 is 11.9 Å². The smallest absolute Gasteiger partial charge is 0.303 e. The van der Waals surface area contributed by atoms with Gasteiger partial charge < -0.3 is 15.5 Å². The highest BCUT2D eigenvalue weighted by Gasteiger charge is 2.14. The molecule has 1 aromatic carbocycles. The number of carbonyl (C=O) groups is 2. The van der Waals surface area contributed by atoms with Gasteiger partial charge in [0.2, 0.25) is 0 Å². The van der Waals surface area contributed by atoms with Crippen LogP contribution >= 0.6 is 0 Å². The van der Waals surface area contributed by atoms with Crippen LogP contribution in [0.3, 0.4) is 0 Å². The minimum absolute atomic E-state index is 0.0355. The summed E-state index contributed by atoms with van der Waals surface area (Å²) in [7, 11) is 0. The van der Waals surface area contributed by atoms with E-state index >= 15 is 0 Å². The minimum atomic E-state index is -0.886. The number of carbonyl (C=O) groups excluding carboxylic acids is 1. The Labute approximate surface area is 110 Å². The molecule has 3 N–H and O–H groups in total. The second-order valence-corrected chi connectivity index (χ2v) is 4.32. The predicted molar refractivity (Wildman–Crippen MR) is 66.5 cm³/mol. The number of nitrogens with one attached hydrogen (secondary N) is 1. The summed E-state index contributed by atoms with van der Waals surface area (Å²) in [6.07, 6.45) is 0.973. The Hall–Kier alpha value is -2.11. The van der Waals surface area contributed by atoms with E-state index in [4.69, 9.17) is 10.2 Å². The van der Waals surface area contributed by atoms with Gasteiger partial charge >= 0.3 is 5.97 Å². The summed E-state index contributed by atoms with van der Waals surface area (Å²) in [6, 6.07) is 3.04. The van der Waals surface area contributed by atoms with E-state index in [0.29, 0.717) is 12.8 Å². The molecule has 5 nitrogen and oxygen atoms in total. The van der Waals surface area contributed by atoms with Crippen LogP contribution in [0.5, 0.6) is 5.75 Å². The molecular formula is C13H16FNO4. The van der Waals surface area contributed by atoms with Crippen molar-refractivity contribution in [3.8, 4) is 5.75 Å². The average Bonchev–Trinajstić information content (AvgIpc) is 2.27. The zero-order chi connectivity index (χ0) is 14.4. The molecule has 104 valence electrons. The molecule has 0 fully saturated rings. The van der Waals surface area contributed by atoms with Gasteiger partial charge in [0.25, 0.3) is 5.91 Å². The van der Waals surface area contributed by atoms with Crippen LogP contribution < -0.4 is 5.32 Å². The second kappa shape index (κ2) is 6.72. The van der Waals surface area contributed by atoms with E-state index < -0.39 is 17.7 Å². The summed E-state index contributed by atoms with van der Waals surface area (Å²) >= 11 is 0. The maximum atomic E-state index is 13.4. The lowest BCUT2D eigenvalue weighted by Crippen LogP contribution is -2.33. The lowest BCUT2D eigenvalue weighted by Gasteiger charge is -2.13. The molecule has 19 heavy (non-hydrogen) atoms. The van der Waals surface area contributed by atoms with Crippen LogP contribution in [-0.2, 0) is 4.79 Å². The maximum absolute atomic E-state index is 13.4. The van der Waals surface area contributed by atoms with Crippen LogP contribution in [0, 0.1) is 5.82 Å². The van der Waals surface area contributed by atoms with Crippen molar-refractivity contribution in [2.24, 2.45) is 0 Å². The van der Waals surface area contributed by atoms with Gasteiger partial charge in [-0.3, -0.25) is 9.59 Å². The van der Waals surface area contributed by atoms with Gasteiger partial charge in [-0.25, -0.2) is 4.39 Å².